The number of halogens is 1. The minimum Gasteiger partial charge on any atom is -0.395 e. The Kier molecular flexibility index (Phi) is 5.47. The second kappa shape index (κ2) is 7.99. The number of carbonyl (C=O) groups is 1. The quantitative estimate of drug-likeness (QED) is 0.456. The lowest BCUT2D eigenvalue weighted by atomic mass is 9.74. The molecule has 0 bridgehead atoms. The molecule has 7 nitrogen and oxygen atoms in total. The highest BCUT2D eigenvalue weighted by Crippen LogP contribution is 2.39. The maximum absolute atomic E-state index is 15.2. The fourth-order valence-corrected chi connectivity index (χ4v) is 4.75. The van der Waals surface area contributed by atoms with Crippen molar-refractivity contribution in [3.8, 4) is 17.2 Å². The molecule has 0 saturated heterocycles. The molecule has 32 heavy (non-hydrogen) atoms. The second-order valence-corrected chi connectivity index (χ2v) is 11.8. The number of nitrogens with two attached hydrogens (primary N) is 1. The van der Waals surface area contributed by atoms with Gasteiger partial charge >= 0.3 is 0 Å². The van der Waals surface area contributed by atoms with Crippen LogP contribution in [0, 0.1) is 35.9 Å². The summed E-state index contributed by atoms with van der Waals surface area (Å²) >= 11 is 0. The number of amides is 1. The summed E-state index contributed by atoms with van der Waals surface area (Å²) in [6.07, 6.45) is 1.36. The molecule has 2 aromatic carbocycles. The summed E-state index contributed by atoms with van der Waals surface area (Å²) in [6, 6.07) is 10.7. The lowest BCUT2D eigenvalue weighted by molar-refractivity contribution is -0.123. The number of nitrogens with one attached hydrogen (secondary N) is 1. The van der Waals surface area contributed by atoms with Crippen LogP contribution in [0.25, 0.3) is 22.0 Å². The van der Waals surface area contributed by atoms with Gasteiger partial charge in [0.25, 0.3) is 0 Å². The highest BCUT2D eigenvalue weighted by Gasteiger charge is 2.36. The molecule has 1 aliphatic rings. The van der Waals surface area contributed by atoms with Crippen LogP contribution in [0.5, 0.6) is 0 Å². The average molecular weight is 451 g/mol. The van der Waals surface area contributed by atoms with E-state index in [1.165, 1.54) is 0 Å². The lowest BCUT2D eigenvalue weighted by Crippen LogP contribution is -2.36. The van der Waals surface area contributed by atoms with E-state index < -0.39 is 13.0 Å². The van der Waals surface area contributed by atoms with Gasteiger partial charge in [0.05, 0.1) is 23.6 Å². The van der Waals surface area contributed by atoms with Crippen molar-refractivity contribution >= 4 is 40.8 Å². The fraction of sp³-hybridized carbons (Fsp3) is 0.304. The molecule has 164 valence electrons. The Morgan fingerprint density at radius 2 is 1.97 bits per heavy atom. The second-order valence-electron chi connectivity index (χ2n) is 8.58. The Balaban J connectivity index is 1.77. The van der Waals surface area contributed by atoms with Crippen LogP contribution in [-0.2, 0) is 9.36 Å². The number of hydrogen-bond acceptors (Lipinski definition) is 6. The Morgan fingerprint density at radius 1 is 1.22 bits per heavy atom. The molecule has 1 amide bonds. The molecule has 0 spiro atoms. The first kappa shape index (κ1) is 21.9. The van der Waals surface area contributed by atoms with Crippen molar-refractivity contribution in [3.63, 3.8) is 0 Å². The van der Waals surface area contributed by atoms with Crippen LogP contribution in [-0.4, -0.2) is 29.4 Å². The van der Waals surface area contributed by atoms with Crippen LogP contribution in [0.3, 0.4) is 0 Å². The molecule has 1 aromatic heterocycles. The molecular formula is C23H23FN5O2P. The van der Waals surface area contributed by atoms with Gasteiger partial charge in [0, 0.05) is 16.3 Å². The van der Waals surface area contributed by atoms with E-state index in [-0.39, 0.29) is 40.3 Å². The molecule has 4 rings (SSSR count). The monoisotopic (exact) mass is 451 g/mol. The van der Waals surface area contributed by atoms with E-state index in [1.54, 1.807) is 37.6 Å². The minimum atomic E-state index is -2.55. The molecule has 2 atom stereocenters. The van der Waals surface area contributed by atoms with Gasteiger partial charge in [0.15, 0.2) is 11.6 Å². The Labute approximate surface area is 185 Å². The van der Waals surface area contributed by atoms with Crippen LogP contribution >= 0.6 is 7.14 Å². The van der Waals surface area contributed by atoms with E-state index in [4.69, 9.17) is 11.0 Å². The van der Waals surface area contributed by atoms with Gasteiger partial charge in [-0.15, -0.1) is 10.2 Å². The highest BCUT2D eigenvalue weighted by molar-refractivity contribution is 7.70. The lowest BCUT2D eigenvalue weighted by Gasteiger charge is -2.29. The van der Waals surface area contributed by atoms with E-state index in [2.05, 4.69) is 21.6 Å². The smallest absolute Gasteiger partial charge is 0.230 e. The van der Waals surface area contributed by atoms with Crippen molar-refractivity contribution in [2.75, 3.05) is 24.4 Å². The molecule has 2 unspecified atom stereocenters. The van der Waals surface area contributed by atoms with Crippen molar-refractivity contribution in [2.24, 2.45) is 11.8 Å². The van der Waals surface area contributed by atoms with Gasteiger partial charge in [-0.2, -0.15) is 5.26 Å². The van der Waals surface area contributed by atoms with E-state index in [9.17, 15) is 9.36 Å². The summed E-state index contributed by atoms with van der Waals surface area (Å²) in [4.78, 5) is 12.4. The number of nitrogens with zero attached hydrogens (tertiary/aromatic N) is 3. The van der Waals surface area contributed by atoms with Crippen molar-refractivity contribution in [1.29, 1.82) is 5.26 Å². The number of anilines is 2. The zero-order chi connectivity index (χ0) is 23.2. The predicted octanol–water partition coefficient (Wildman–Crippen LogP) is 4.06. The summed E-state index contributed by atoms with van der Waals surface area (Å²) in [7, 11) is -2.55. The number of aromatic nitrogens is 2. The maximum Gasteiger partial charge on any atom is 0.230 e. The summed E-state index contributed by atoms with van der Waals surface area (Å²) < 4.78 is 27.8. The van der Waals surface area contributed by atoms with E-state index >= 15 is 4.39 Å². The zero-order valence-corrected chi connectivity index (χ0v) is 18.9. The molecule has 3 aromatic rings. The summed E-state index contributed by atoms with van der Waals surface area (Å²) in [5, 5.41) is 20.9. The van der Waals surface area contributed by atoms with Crippen LogP contribution in [0.1, 0.15) is 18.4 Å². The summed E-state index contributed by atoms with van der Waals surface area (Å²) in [5.41, 5.74) is 7.74. The topological polar surface area (TPSA) is 122 Å². The van der Waals surface area contributed by atoms with E-state index in [1.807, 2.05) is 13.0 Å². The fourth-order valence-electron chi connectivity index (χ4n) is 3.87. The average Bonchev–Trinajstić information content (AvgIpc) is 2.69. The SMILES string of the molecule is Cc1ccc(P(C)(C)=O)cc1-c1cc2cc(NC(=O)C3CCC3C#N)nnc2c(N)c1F. The highest BCUT2D eigenvalue weighted by atomic mass is 31.2. The molecule has 3 N–H and O–H groups in total. The number of hydrogen-bond donors (Lipinski definition) is 2. The molecule has 1 fully saturated rings. The number of aryl methyl sites for hydroxylation is 1. The molecular weight excluding hydrogens is 428 g/mol. The van der Waals surface area contributed by atoms with Crippen LogP contribution in [0.4, 0.5) is 15.9 Å². The first-order valence-electron chi connectivity index (χ1n) is 10.2. The van der Waals surface area contributed by atoms with Crippen molar-refractivity contribution in [1.82, 2.24) is 10.2 Å². The van der Waals surface area contributed by atoms with Gasteiger partial charge in [0.2, 0.25) is 5.91 Å². The molecule has 9 heteroatoms. The largest absolute Gasteiger partial charge is 0.395 e. The van der Waals surface area contributed by atoms with Gasteiger partial charge < -0.3 is 15.6 Å². The van der Waals surface area contributed by atoms with Crippen LogP contribution in [0.15, 0.2) is 30.3 Å². The summed E-state index contributed by atoms with van der Waals surface area (Å²) in [5.74, 6) is -1.35. The van der Waals surface area contributed by atoms with Gasteiger partial charge in [0.1, 0.15) is 12.7 Å². The van der Waals surface area contributed by atoms with Gasteiger partial charge in [-0.3, -0.25) is 4.79 Å². The van der Waals surface area contributed by atoms with Gasteiger partial charge in [-0.05, 0) is 62.4 Å². The van der Waals surface area contributed by atoms with Crippen molar-refractivity contribution < 1.29 is 13.8 Å². The first-order chi connectivity index (χ1) is 15.1. The number of nitriles is 1. The third-order valence-corrected chi connectivity index (χ3v) is 7.53. The van der Waals surface area contributed by atoms with Gasteiger partial charge in [-0.1, -0.05) is 12.1 Å². The normalized spacial score (nSPS) is 18.1. The third kappa shape index (κ3) is 3.85. The molecule has 0 radical (unpaired) electrons. The number of rotatable bonds is 4. The van der Waals surface area contributed by atoms with Crippen molar-refractivity contribution in [3.05, 3.63) is 41.7 Å². The molecule has 1 heterocycles. The Bertz CT molecular complexity index is 1340. The molecule has 1 saturated carbocycles. The first-order valence-corrected chi connectivity index (χ1v) is 12.8. The maximum atomic E-state index is 15.2. The van der Waals surface area contributed by atoms with Crippen molar-refractivity contribution in [2.45, 2.75) is 19.8 Å². The minimum absolute atomic E-state index is 0.146. The Morgan fingerprint density at radius 3 is 2.59 bits per heavy atom. The zero-order valence-electron chi connectivity index (χ0n) is 18.0. The molecule has 0 aliphatic heterocycles. The summed E-state index contributed by atoms with van der Waals surface area (Å²) in [6.45, 7) is 5.17. The Hall–Kier alpha value is -3.30. The predicted molar refractivity (Wildman–Crippen MR) is 124 cm³/mol. The molecule has 1 aliphatic carbocycles. The van der Waals surface area contributed by atoms with Crippen LogP contribution in [0.2, 0.25) is 0 Å². The van der Waals surface area contributed by atoms with E-state index in [0.29, 0.717) is 29.1 Å². The number of nitrogen functional groups attached to an aromatic ring is 1. The van der Waals surface area contributed by atoms with Crippen LogP contribution < -0.4 is 16.4 Å². The van der Waals surface area contributed by atoms with Gasteiger partial charge in [-0.25, -0.2) is 4.39 Å². The number of benzene rings is 2. The third-order valence-electron chi connectivity index (χ3n) is 6.01. The number of fused-ring (bicyclic) bond motifs is 1. The van der Waals surface area contributed by atoms with E-state index in [0.717, 1.165) is 5.56 Å². The number of carbonyl (C=O) groups excluding carboxylic acids is 1. The standard InChI is InChI=1S/C23H23FN5O2P/c1-12-4-6-15(32(2,3)31)10-17(12)18-8-14-9-19(28-29-22(14)21(26)20(18)24)27-23(30)16-7-5-13(16)11-25/h4,6,8-10,13,16H,5,7,26H2,1-3H3,(H,27,28,30).